The van der Waals surface area contributed by atoms with Gasteiger partial charge in [0, 0.05) is 5.75 Å². The highest BCUT2D eigenvalue weighted by Gasteiger charge is 2.18. The third-order valence-electron chi connectivity index (χ3n) is 2.69. The van der Waals surface area contributed by atoms with Crippen molar-refractivity contribution < 1.29 is 17.9 Å². The molecule has 0 N–H and O–H groups in total. The molecule has 0 atom stereocenters. The maximum absolute atomic E-state index is 12.2. The molecule has 0 radical (unpaired) electrons. The molecule has 0 saturated carbocycles. The van der Waals surface area contributed by atoms with Gasteiger partial charge in [0.2, 0.25) is 0 Å². The first kappa shape index (κ1) is 17.0. The number of hydrogen-bond acceptors (Lipinski definition) is 7. The molecule has 2 aromatic rings. The summed E-state index contributed by atoms with van der Waals surface area (Å²) in [5, 5.41) is 0. The van der Waals surface area contributed by atoms with Gasteiger partial charge in [-0.3, -0.25) is 0 Å². The van der Waals surface area contributed by atoms with Gasteiger partial charge < -0.3 is 4.74 Å². The fourth-order valence-corrected chi connectivity index (χ4v) is 5.29. The predicted molar refractivity (Wildman–Crippen MR) is 87.3 cm³/mol. The quantitative estimate of drug-likeness (QED) is 0.560. The minimum atomic E-state index is -3.31. The first-order valence-electron chi connectivity index (χ1n) is 6.56. The van der Waals surface area contributed by atoms with E-state index < -0.39 is 15.8 Å². The number of carbonyl (C=O) groups excluding carboxylic acids is 1. The lowest BCUT2D eigenvalue weighted by Crippen LogP contribution is -2.09. The van der Waals surface area contributed by atoms with Crippen LogP contribution < -0.4 is 0 Å². The Morgan fingerprint density at radius 3 is 2.73 bits per heavy atom. The molecule has 8 heteroatoms. The van der Waals surface area contributed by atoms with Gasteiger partial charge >= 0.3 is 5.97 Å². The molecule has 0 unspecified atom stereocenters. The molecule has 5 nitrogen and oxygen atoms in total. The van der Waals surface area contributed by atoms with Crippen LogP contribution >= 0.6 is 23.1 Å². The second-order valence-corrected chi connectivity index (χ2v) is 8.52. The average Bonchev–Trinajstić information content (AvgIpc) is 2.97. The van der Waals surface area contributed by atoms with Gasteiger partial charge in [-0.05, 0) is 19.1 Å². The molecular formula is C14H15NO4S3. The van der Waals surface area contributed by atoms with E-state index in [4.69, 9.17) is 4.74 Å². The molecule has 0 fully saturated rings. The summed E-state index contributed by atoms with van der Waals surface area (Å²) in [4.78, 5) is 16.0. The van der Waals surface area contributed by atoms with Crippen LogP contribution in [0.15, 0.2) is 44.9 Å². The molecule has 0 amide bonds. The maximum atomic E-state index is 12.2. The van der Waals surface area contributed by atoms with E-state index in [1.54, 1.807) is 42.8 Å². The Hall–Kier alpha value is -1.38. The van der Waals surface area contributed by atoms with Gasteiger partial charge in [-0.2, -0.15) is 0 Å². The maximum Gasteiger partial charge on any atom is 0.358 e. The Kier molecular flexibility index (Phi) is 5.98. The molecule has 1 aromatic carbocycles. The van der Waals surface area contributed by atoms with Crippen LogP contribution in [0.3, 0.4) is 0 Å². The van der Waals surface area contributed by atoms with Crippen molar-refractivity contribution in [1.82, 2.24) is 4.98 Å². The molecule has 0 aliphatic rings. The number of hydrogen-bond donors (Lipinski definition) is 0. The first-order valence-corrected chi connectivity index (χ1v) is 10.1. The van der Waals surface area contributed by atoms with Gasteiger partial charge in [0.15, 0.2) is 15.5 Å². The predicted octanol–water partition coefficient (Wildman–Crippen LogP) is 2.89. The van der Waals surface area contributed by atoms with Crippen molar-refractivity contribution >= 4 is 38.9 Å². The van der Waals surface area contributed by atoms with Crippen molar-refractivity contribution in [3.8, 4) is 0 Å². The van der Waals surface area contributed by atoms with Gasteiger partial charge in [-0.25, -0.2) is 18.2 Å². The SMILES string of the molecule is CCOC(=O)c1ncsc1SCCS(=O)(=O)c1ccccc1. The number of thiazole rings is 1. The van der Waals surface area contributed by atoms with Crippen LogP contribution in [-0.4, -0.2) is 37.5 Å². The van der Waals surface area contributed by atoms with Gasteiger partial charge in [-0.15, -0.1) is 23.1 Å². The summed E-state index contributed by atoms with van der Waals surface area (Å²) in [6.45, 7) is 2.01. The monoisotopic (exact) mass is 357 g/mol. The van der Waals surface area contributed by atoms with Gasteiger partial charge in [-0.1, -0.05) is 18.2 Å². The van der Waals surface area contributed by atoms with E-state index in [2.05, 4.69) is 4.98 Å². The second kappa shape index (κ2) is 7.75. The Morgan fingerprint density at radius 2 is 2.05 bits per heavy atom. The summed E-state index contributed by atoms with van der Waals surface area (Å²) in [7, 11) is -3.31. The molecule has 0 aliphatic heterocycles. The van der Waals surface area contributed by atoms with Crippen LogP contribution in [0.4, 0.5) is 0 Å². The average molecular weight is 357 g/mol. The summed E-state index contributed by atoms with van der Waals surface area (Å²) < 4.78 is 29.9. The molecule has 22 heavy (non-hydrogen) atoms. The molecule has 0 bridgehead atoms. The van der Waals surface area contributed by atoms with Crippen molar-refractivity contribution in [3.05, 3.63) is 41.5 Å². The zero-order chi connectivity index (χ0) is 16.0. The van der Waals surface area contributed by atoms with Gasteiger partial charge in [0.05, 0.1) is 27.0 Å². The molecule has 0 spiro atoms. The van der Waals surface area contributed by atoms with E-state index in [0.29, 0.717) is 14.9 Å². The topological polar surface area (TPSA) is 73.3 Å². The van der Waals surface area contributed by atoms with Crippen molar-refractivity contribution in [2.24, 2.45) is 0 Å². The van der Waals surface area contributed by atoms with E-state index in [-0.39, 0.29) is 18.1 Å². The molecule has 1 heterocycles. The zero-order valence-electron chi connectivity index (χ0n) is 11.9. The summed E-state index contributed by atoms with van der Waals surface area (Å²) in [5.41, 5.74) is 1.81. The van der Waals surface area contributed by atoms with E-state index in [1.165, 1.54) is 23.1 Å². The fraction of sp³-hybridized carbons (Fsp3) is 0.286. The van der Waals surface area contributed by atoms with Crippen LogP contribution in [-0.2, 0) is 14.6 Å². The normalized spacial score (nSPS) is 11.3. The number of carbonyl (C=O) groups is 1. The number of rotatable bonds is 7. The second-order valence-electron chi connectivity index (χ2n) is 4.19. The molecule has 1 aromatic heterocycles. The zero-order valence-corrected chi connectivity index (χ0v) is 14.3. The molecule has 2 rings (SSSR count). The van der Waals surface area contributed by atoms with Crippen LogP contribution in [0.25, 0.3) is 0 Å². The Balaban J connectivity index is 1.98. The number of aromatic nitrogens is 1. The van der Waals surface area contributed by atoms with E-state index in [0.717, 1.165) is 0 Å². The molecular weight excluding hydrogens is 342 g/mol. The minimum absolute atomic E-state index is 0.00183. The Morgan fingerprint density at radius 1 is 1.32 bits per heavy atom. The first-order chi connectivity index (χ1) is 10.5. The van der Waals surface area contributed by atoms with Crippen molar-refractivity contribution in [2.75, 3.05) is 18.1 Å². The number of ether oxygens (including phenoxy) is 1. The molecule has 0 aliphatic carbocycles. The summed E-state index contributed by atoms with van der Waals surface area (Å²) in [6.07, 6.45) is 0. The lowest BCUT2D eigenvalue weighted by atomic mass is 10.4. The van der Waals surface area contributed by atoms with E-state index >= 15 is 0 Å². The van der Waals surface area contributed by atoms with Gasteiger partial charge in [0.1, 0.15) is 0 Å². The lowest BCUT2D eigenvalue weighted by molar-refractivity contribution is 0.0516. The van der Waals surface area contributed by atoms with Crippen LogP contribution in [0, 0.1) is 0 Å². The van der Waals surface area contributed by atoms with E-state index in [1.807, 2.05) is 0 Å². The summed E-state index contributed by atoms with van der Waals surface area (Å²) in [5.74, 6) is -0.120. The highest BCUT2D eigenvalue weighted by Crippen LogP contribution is 2.28. The lowest BCUT2D eigenvalue weighted by Gasteiger charge is -2.04. The van der Waals surface area contributed by atoms with Crippen LogP contribution in [0.5, 0.6) is 0 Å². The van der Waals surface area contributed by atoms with Crippen LogP contribution in [0.2, 0.25) is 0 Å². The van der Waals surface area contributed by atoms with Crippen molar-refractivity contribution in [2.45, 2.75) is 16.0 Å². The molecule has 0 saturated heterocycles. The third-order valence-corrected chi connectivity index (χ3v) is 6.81. The van der Waals surface area contributed by atoms with Crippen LogP contribution in [0.1, 0.15) is 17.4 Å². The number of benzene rings is 1. The Bertz CT molecular complexity index is 726. The Labute approximate surface area is 137 Å². The van der Waals surface area contributed by atoms with Crippen molar-refractivity contribution in [1.29, 1.82) is 0 Å². The number of nitrogens with zero attached hydrogens (tertiary/aromatic N) is 1. The smallest absolute Gasteiger partial charge is 0.358 e. The van der Waals surface area contributed by atoms with E-state index in [9.17, 15) is 13.2 Å². The largest absolute Gasteiger partial charge is 0.461 e. The highest BCUT2D eigenvalue weighted by atomic mass is 32.2. The standard InChI is InChI=1S/C14H15NO4S3/c1-2-19-13(16)12-14(21-10-15-12)20-8-9-22(17,18)11-6-4-3-5-7-11/h3-7,10H,2,8-9H2,1H3. The third kappa shape index (κ3) is 4.31. The highest BCUT2D eigenvalue weighted by molar-refractivity contribution is 8.02. The molecule has 118 valence electrons. The summed E-state index contributed by atoms with van der Waals surface area (Å²) in [6, 6.07) is 8.33. The fourth-order valence-electron chi connectivity index (χ4n) is 1.66. The number of esters is 1. The number of thioether (sulfide) groups is 1. The van der Waals surface area contributed by atoms with Crippen molar-refractivity contribution in [3.63, 3.8) is 0 Å². The summed E-state index contributed by atoms with van der Waals surface area (Å²) >= 11 is 2.61. The minimum Gasteiger partial charge on any atom is -0.461 e. The van der Waals surface area contributed by atoms with Gasteiger partial charge in [0.25, 0.3) is 0 Å². The number of sulfone groups is 1.